The largest absolute Gasteiger partial charge is 0.466 e. The maximum Gasteiger partial charge on any atom is 0.324 e. The minimum Gasteiger partial charge on any atom is -0.466 e. The Hall–Kier alpha value is -3.52. The number of nitriles is 1. The maximum absolute atomic E-state index is 14.3. The van der Waals surface area contributed by atoms with Crippen LogP contribution in [0.25, 0.3) is 16.2 Å². The van der Waals surface area contributed by atoms with Crippen molar-refractivity contribution in [2.45, 2.75) is 45.6 Å². The highest BCUT2D eigenvalue weighted by atomic mass is 32.1. The van der Waals surface area contributed by atoms with Crippen LogP contribution in [0.4, 0.5) is 10.4 Å². The minimum atomic E-state index is -0.484. The number of aromatic nitrogens is 5. The van der Waals surface area contributed by atoms with Crippen molar-refractivity contribution in [1.29, 1.82) is 5.26 Å². The van der Waals surface area contributed by atoms with Crippen molar-refractivity contribution in [1.82, 2.24) is 24.7 Å². The van der Waals surface area contributed by atoms with Crippen LogP contribution in [0.15, 0.2) is 28.9 Å². The van der Waals surface area contributed by atoms with Gasteiger partial charge in [0, 0.05) is 24.6 Å². The number of ether oxygens (including phenoxy) is 1. The molecule has 0 radical (unpaired) electrons. The zero-order valence-corrected chi connectivity index (χ0v) is 19.9. The molecular formula is C23H24FN7O2S. The van der Waals surface area contributed by atoms with Crippen molar-refractivity contribution in [2.75, 3.05) is 18.0 Å². The van der Waals surface area contributed by atoms with Crippen molar-refractivity contribution in [2.24, 2.45) is 5.92 Å². The Labute approximate surface area is 199 Å². The summed E-state index contributed by atoms with van der Waals surface area (Å²) in [7, 11) is 0. The molecule has 0 saturated carbocycles. The van der Waals surface area contributed by atoms with E-state index in [2.05, 4.69) is 32.0 Å². The van der Waals surface area contributed by atoms with Crippen LogP contribution in [0.2, 0.25) is 0 Å². The molecule has 1 aliphatic heterocycles. The third kappa shape index (κ3) is 4.33. The molecule has 11 heteroatoms. The molecule has 0 amide bonds. The number of imidazole rings is 1. The van der Waals surface area contributed by atoms with Gasteiger partial charge in [-0.25, -0.2) is 13.9 Å². The molecule has 1 aliphatic rings. The highest BCUT2D eigenvalue weighted by molar-refractivity contribution is 7.18. The van der Waals surface area contributed by atoms with Gasteiger partial charge in [0.2, 0.25) is 4.96 Å². The van der Waals surface area contributed by atoms with Gasteiger partial charge in [-0.3, -0.25) is 0 Å². The van der Waals surface area contributed by atoms with Gasteiger partial charge < -0.3 is 14.2 Å². The fraction of sp³-hybridized carbons (Fsp3) is 0.435. The highest BCUT2D eigenvalue weighted by Gasteiger charge is 2.28. The van der Waals surface area contributed by atoms with Crippen molar-refractivity contribution < 1.29 is 13.7 Å². The van der Waals surface area contributed by atoms with E-state index in [9.17, 15) is 4.39 Å². The molecule has 0 N–H and O–H groups in total. The number of halogens is 1. The first-order chi connectivity index (χ1) is 16.4. The summed E-state index contributed by atoms with van der Waals surface area (Å²) in [5.74, 6) is 0.861. The van der Waals surface area contributed by atoms with E-state index in [1.54, 1.807) is 22.8 Å². The van der Waals surface area contributed by atoms with E-state index >= 15 is 0 Å². The lowest BCUT2D eigenvalue weighted by atomic mass is 9.92. The summed E-state index contributed by atoms with van der Waals surface area (Å²) in [6, 6.07) is 6.86. The maximum atomic E-state index is 14.3. The molecule has 4 heterocycles. The second-order valence-electron chi connectivity index (χ2n) is 8.76. The zero-order valence-electron chi connectivity index (χ0n) is 19.1. The lowest BCUT2D eigenvalue weighted by molar-refractivity contribution is 0.130. The number of anilines is 1. The third-order valence-corrected chi connectivity index (χ3v) is 6.92. The van der Waals surface area contributed by atoms with Gasteiger partial charge >= 0.3 is 6.01 Å². The second kappa shape index (κ2) is 9.02. The summed E-state index contributed by atoms with van der Waals surface area (Å²) < 4.78 is 27.5. The Bertz CT molecular complexity index is 1320. The first-order valence-corrected chi connectivity index (χ1v) is 12.0. The summed E-state index contributed by atoms with van der Waals surface area (Å²) >= 11 is 1.32. The molecule has 1 fully saturated rings. The van der Waals surface area contributed by atoms with Crippen LogP contribution in [0.5, 0.6) is 5.19 Å². The highest BCUT2D eigenvalue weighted by Crippen LogP contribution is 2.31. The van der Waals surface area contributed by atoms with E-state index in [1.165, 1.54) is 17.4 Å². The Balaban J connectivity index is 1.21. The van der Waals surface area contributed by atoms with Crippen LogP contribution < -0.4 is 9.64 Å². The van der Waals surface area contributed by atoms with Crippen molar-refractivity contribution in [3.05, 3.63) is 41.6 Å². The summed E-state index contributed by atoms with van der Waals surface area (Å²) in [6.45, 7) is 7.81. The Morgan fingerprint density at radius 2 is 2.03 bits per heavy atom. The molecule has 1 unspecified atom stereocenters. The average Bonchev–Trinajstić information content (AvgIpc) is 3.54. The molecule has 1 atom stereocenters. The van der Waals surface area contributed by atoms with E-state index in [4.69, 9.17) is 14.5 Å². The summed E-state index contributed by atoms with van der Waals surface area (Å²) in [4.78, 5) is 11.7. The molecule has 4 aromatic rings. The number of hydrogen-bond donors (Lipinski definition) is 0. The average molecular weight is 482 g/mol. The lowest BCUT2D eigenvalue weighted by Crippen LogP contribution is -2.38. The minimum absolute atomic E-state index is 0.0117. The van der Waals surface area contributed by atoms with Crippen LogP contribution >= 0.6 is 11.3 Å². The van der Waals surface area contributed by atoms with Crippen LogP contribution in [-0.4, -0.2) is 43.9 Å². The molecule has 5 rings (SSSR count). The van der Waals surface area contributed by atoms with E-state index < -0.39 is 5.82 Å². The first-order valence-electron chi connectivity index (χ1n) is 11.2. The molecule has 0 spiro atoms. The van der Waals surface area contributed by atoms with Gasteiger partial charge in [-0.15, -0.1) is 5.10 Å². The Morgan fingerprint density at radius 1 is 1.24 bits per heavy atom. The van der Waals surface area contributed by atoms with Gasteiger partial charge in [0.1, 0.15) is 11.9 Å². The van der Waals surface area contributed by atoms with E-state index in [0.717, 1.165) is 31.8 Å². The normalized spacial score (nSPS) is 15.7. The van der Waals surface area contributed by atoms with Crippen LogP contribution in [0, 0.1) is 23.1 Å². The standard InChI is InChI=1S/C23H24FN7O2S/c1-13(2)20-27-21(33-29-20)30-8-6-16(7-9-30)14(3)32-23-28-31-12-19(26-22(31)34-23)17-5-4-15(11-25)10-18(17)24/h4-5,10,12-14,16H,6-9H2,1-3H3. The molecule has 0 aliphatic carbocycles. The van der Waals surface area contributed by atoms with Gasteiger partial charge in [-0.2, -0.15) is 10.2 Å². The van der Waals surface area contributed by atoms with Crippen molar-refractivity contribution in [3.63, 3.8) is 0 Å². The molecule has 9 nitrogen and oxygen atoms in total. The SMILES string of the molecule is CC(C)c1noc(N2CCC(C(C)Oc3nn4cc(-c5ccc(C#N)cc5F)nc4s3)CC2)n1. The molecule has 1 aromatic carbocycles. The molecule has 34 heavy (non-hydrogen) atoms. The fourth-order valence-electron chi connectivity index (χ4n) is 4.06. The van der Waals surface area contributed by atoms with E-state index in [-0.39, 0.29) is 17.6 Å². The van der Waals surface area contributed by atoms with Crippen LogP contribution in [-0.2, 0) is 0 Å². The van der Waals surface area contributed by atoms with Gasteiger partial charge in [-0.05, 0) is 55.2 Å². The molecule has 0 bridgehead atoms. The third-order valence-electron chi connectivity index (χ3n) is 6.11. The number of rotatable bonds is 6. The number of fused-ring (bicyclic) bond motifs is 1. The van der Waals surface area contributed by atoms with E-state index in [1.807, 2.05) is 19.9 Å². The quantitative estimate of drug-likeness (QED) is 0.392. The monoisotopic (exact) mass is 481 g/mol. The Morgan fingerprint density at radius 3 is 2.68 bits per heavy atom. The smallest absolute Gasteiger partial charge is 0.324 e. The molecule has 176 valence electrons. The molecule has 3 aromatic heterocycles. The van der Waals surface area contributed by atoms with Gasteiger partial charge in [0.15, 0.2) is 5.82 Å². The topological polar surface area (TPSA) is 105 Å². The lowest BCUT2D eigenvalue weighted by Gasteiger charge is -2.33. The Kier molecular flexibility index (Phi) is 5.91. The summed E-state index contributed by atoms with van der Waals surface area (Å²) in [6.07, 6.45) is 3.56. The van der Waals surface area contributed by atoms with Gasteiger partial charge in [0.25, 0.3) is 5.19 Å². The number of piperidine rings is 1. The van der Waals surface area contributed by atoms with Gasteiger partial charge in [0.05, 0.1) is 23.5 Å². The van der Waals surface area contributed by atoms with Gasteiger partial charge in [-0.1, -0.05) is 19.0 Å². The van der Waals surface area contributed by atoms with Crippen molar-refractivity contribution in [3.8, 4) is 22.5 Å². The van der Waals surface area contributed by atoms with Crippen molar-refractivity contribution >= 4 is 22.3 Å². The predicted octanol–water partition coefficient (Wildman–Crippen LogP) is 4.66. The zero-order chi connectivity index (χ0) is 23.8. The van der Waals surface area contributed by atoms with Crippen LogP contribution in [0.1, 0.15) is 50.9 Å². The number of hydrogen-bond acceptors (Lipinski definition) is 9. The number of benzene rings is 1. The number of nitrogens with zero attached hydrogens (tertiary/aromatic N) is 7. The first kappa shape index (κ1) is 22.3. The predicted molar refractivity (Wildman–Crippen MR) is 124 cm³/mol. The van der Waals surface area contributed by atoms with E-state index in [0.29, 0.717) is 33.3 Å². The van der Waals surface area contributed by atoms with Crippen LogP contribution in [0.3, 0.4) is 0 Å². The molecule has 1 saturated heterocycles. The summed E-state index contributed by atoms with van der Waals surface area (Å²) in [5.41, 5.74) is 1.07. The molecular weight excluding hydrogens is 457 g/mol. The second-order valence-corrected chi connectivity index (χ2v) is 9.68. The fourth-order valence-corrected chi connectivity index (χ4v) is 4.87. The summed E-state index contributed by atoms with van der Waals surface area (Å²) in [5, 5.41) is 18.0.